The highest BCUT2D eigenvalue weighted by Gasteiger charge is 2.24. The second-order valence-corrected chi connectivity index (χ2v) is 6.37. The number of hydrogen-bond donors (Lipinski definition) is 0. The number of hydrogen-bond acceptors (Lipinski definition) is 3. The lowest BCUT2D eigenvalue weighted by atomic mass is 10.1. The van der Waals surface area contributed by atoms with Gasteiger partial charge >= 0.3 is 0 Å². The van der Waals surface area contributed by atoms with E-state index in [1.54, 1.807) is 24.0 Å². The van der Waals surface area contributed by atoms with Gasteiger partial charge in [-0.1, -0.05) is 12.1 Å². The summed E-state index contributed by atoms with van der Waals surface area (Å²) >= 11 is 0. The van der Waals surface area contributed by atoms with Crippen molar-refractivity contribution < 1.29 is 13.2 Å². The van der Waals surface area contributed by atoms with E-state index in [-0.39, 0.29) is 16.4 Å². The first-order valence-corrected chi connectivity index (χ1v) is 7.97. The molecule has 0 N–H and O–H groups in total. The van der Waals surface area contributed by atoms with Crippen molar-refractivity contribution in [2.24, 2.45) is 0 Å². The molecule has 0 aliphatic rings. The van der Waals surface area contributed by atoms with Crippen LogP contribution in [0, 0.1) is 6.92 Å². The monoisotopic (exact) mass is 289 g/mol. The van der Waals surface area contributed by atoms with Gasteiger partial charge in [0.25, 0.3) is 15.0 Å². The molecule has 0 unspecified atom stereocenters. The highest BCUT2D eigenvalue weighted by atomic mass is 35.7. The van der Waals surface area contributed by atoms with E-state index in [2.05, 4.69) is 0 Å². The van der Waals surface area contributed by atoms with E-state index in [1.165, 1.54) is 6.07 Å². The Labute approximate surface area is 112 Å². The number of amides is 1. The zero-order chi connectivity index (χ0) is 13.9. The second kappa shape index (κ2) is 5.71. The lowest BCUT2D eigenvalue weighted by molar-refractivity contribution is 0.0769. The standard InChI is InChI=1S/C12H16ClNO3S/c1-4-14(5-2)12(15)10-8-6-7-9(3)11(10)18(13,16)17/h6-8H,4-5H2,1-3H3. The van der Waals surface area contributed by atoms with Crippen molar-refractivity contribution in [3.05, 3.63) is 29.3 Å². The highest BCUT2D eigenvalue weighted by molar-refractivity contribution is 8.13. The number of carbonyl (C=O) groups is 1. The van der Waals surface area contributed by atoms with Crippen LogP contribution in [0.25, 0.3) is 0 Å². The smallest absolute Gasteiger partial charge is 0.262 e. The number of benzene rings is 1. The molecule has 100 valence electrons. The summed E-state index contributed by atoms with van der Waals surface area (Å²) in [5, 5.41) is 0. The summed E-state index contributed by atoms with van der Waals surface area (Å²) in [6.45, 7) is 6.34. The second-order valence-electron chi connectivity index (χ2n) is 3.87. The molecule has 1 aromatic rings. The summed E-state index contributed by atoms with van der Waals surface area (Å²) in [6, 6.07) is 4.76. The minimum absolute atomic E-state index is 0.0939. The van der Waals surface area contributed by atoms with Gasteiger partial charge in [-0.2, -0.15) is 0 Å². The molecule has 0 heterocycles. The van der Waals surface area contributed by atoms with Crippen molar-refractivity contribution in [3.8, 4) is 0 Å². The Morgan fingerprint density at radius 3 is 2.28 bits per heavy atom. The number of carbonyl (C=O) groups excluding carboxylic acids is 1. The molecule has 0 spiro atoms. The number of rotatable bonds is 4. The largest absolute Gasteiger partial charge is 0.339 e. The van der Waals surface area contributed by atoms with E-state index in [4.69, 9.17) is 10.7 Å². The summed E-state index contributed by atoms with van der Waals surface area (Å²) in [6.07, 6.45) is 0. The Hall–Kier alpha value is -1.07. The van der Waals surface area contributed by atoms with Gasteiger partial charge in [0.05, 0.1) is 10.5 Å². The lowest BCUT2D eigenvalue weighted by Gasteiger charge is -2.20. The van der Waals surface area contributed by atoms with Gasteiger partial charge in [0.15, 0.2) is 0 Å². The topological polar surface area (TPSA) is 54.5 Å². The van der Waals surface area contributed by atoms with Crippen LogP contribution >= 0.6 is 10.7 Å². The fraction of sp³-hybridized carbons (Fsp3) is 0.417. The van der Waals surface area contributed by atoms with E-state index in [1.807, 2.05) is 13.8 Å². The molecule has 1 aromatic carbocycles. The van der Waals surface area contributed by atoms with E-state index in [0.29, 0.717) is 18.7 Å². The van der Waals surface area contributed by atoms with Gasteiger partial charge in [-0.15, -0.1) is 0 Å². The minimum Gasteiger partial charge on any atom is -0.339 e. The summed E-state index contributed by atoms with van der Waals surface area (Å²) < 4.78 is 23.1. The zero-order valence-corrected chi connectivity index (χ0v) is 12.2. The first-order chi connectivity index (χ1) is 8.32. The molecule has 0 saturated carbocycles. The van der Waals surface area contributed by atoms with Crippen LogP contribution in [0.15, 0.2) is 23.1 Å². The Balaban J connectivity index is 3.43. The highest BCUT2D eigenvalue weighted by Crippen LogP contribution is 2.25. The Morgan fingerprint density at radius 1 is 1.28 bits per heavy atom. The van der Waals surface area contributed by atoms with E-state index < -0.39 is 9.05 Å². The van der Waals surface area contributed by atoms with Gasteiger partial charge in [-0.05, 0) is 32.4 Å². The fourth-order valence-electron chi connectivity index (χ4n) is 1.83. The lowest BCUT2D eigenvalue weighted by Crippen LogP contribution is -2.31. The van der Waals surface area contributed by atoms with Crippen LogP contribution in [-0.2, 0) is 9.05 Å². The van der Waals surface area contributed by atoms with Crippen molar-refractivity contribution >= 4 is 25.6 Å². The predicted octanol–water partition coefficient (Wildman–Crippen LogP) is 2.40. The maximum Gasteiger partial charge on any atom is 0.262 e. The third-order valence-corrected chi connectivity index (χ3v) is 4.23. The van der Waals surface area contributed by atoms with Gasteiger partial charge in [-0.25, -0.2) is 8.42 Å². The van der Waals surface area contributed by atoms with E-state index in [0.717, 1.165) is 0 Å². The van der Waals surface area contributed by atoms with Crippen molar-refractivity contribution in [1.82, 2.24) is 4.90 Å². The van der Waals surface area contributed by atoms with E-state index in [9.17, 15) is 13.2 Å². The van der Waals surface area contributed by atoms with Crippen LogP contribution in [0.4, 0.5) is 0 Å². The first-order valence-electron chi connectivity index (χ1n) is 5.66. The normalized spacial score (nSPS) is 11.3. The maximum absolute atomic E-state index is 12.2. The van der Waals surface area contributed by atoms with Crippen LogP contribution in [-0.4, -0.2) is 32.3 Å². The Kier molecular flexibility index (Phi) is 4.76. The Bertz CT molecular complexity index is 550. The quantitative estimate of drug-likeness (QED) is 0.800. The van der Waals surface area contributed by atoms with Crippen LogP contribution in [0.1, 0.15) is 29.8 Å². The van der Waals surface area contributed by atoms with Gasteiger partial charge in [-0.3, -0.25) is 4.79 Å². The van der Waals surface area contributed by atoms with E-state index >= 15 is 0 Å². The van der Waals surface area contributed by atoms with Crippen molar-refractivity contribution in [2.75, 3.05) is 13.1 Å². The summed E-state index contributed by atoms with van der Waals surface area (Å²) in [7, 11) is 1.47. The molecule has 6 heteroatoms. The van der Waals surface area contributed by atoms with Gasteiger partial charge in [0.2, 0.25) is 0 Å². The molecule has 0 saturated heterocycles. The summed E-state index contributed by atoms with van der Waals surface area (Å²) in [5.74, 6) is -0.317. The van der Waals surface area contributed by atoms with Gasteiger partial charge < -0.3 is 4.90 Å². The van der Waals surface area contributed by atoms with Crippen LogP contribution in [0.3, 0.4) is 0 Å². The molecule has 1 rings (SSSR count). The molecule has 1 amide bonds. The van der Waals surface area contributed by atoms with Gasteiger partial charge in [0, 0.05) is 23.8 Å². The van der Waals surface area contributed by atoms with Crippen LogP contribution in [0.5, 0.6) is 0 Å². The van der Waals surface area contributed by atoms with Crippen molar-refractivity contribution in [1.29, 1.82) is 0 Å². The molecule has 4 nitrogen and oxygen atoms in total. The third-order valence-electron chi connectivity index (χ3n) is 2.74. The first kappa shape index (κ1) is 15.0. The molecular formula is C12H16ClNO3S. The Morgan fingerprint density at radius 2 is 1.83 bits per heavy atom. The predicted molar refractivity (Wildman–Crippen MR) is 71.5 cm³/mol. The number of halogens is 1. The van der Waals surface area contributed by atoms with Crippen molar-refractivity contribution in [3.63, 3.8) is 0 Å². The molecule has 18 heavy (non-hydrogen) atoms. The van der Waals surface area contributed by atoms with Gasteiger partial charge in [0.1, 0.15) is 0 Å². The van der Waals surface area contributed by atoms with Crippen LogP contribution in [0.2, 0.25) is 0 Å². The summed E-state index contributed by atoms with van der Waals surface area (Å²) in [4.78, 5) is 13.7. The maximum atomic E-state index is 12.2. The fourth-order valence-corrected chi connectivity index (χ4v) is 3.31. The third kappa shape index (κ3) is 3.03. The molecule has 0 aliphatic carbocycles. The molecule has 0 aromatic heterocycles. The molecular weight excluding hydrogens is 274 g/mol. The van der Waals surface area contributed by atoms with Crippen LogP contribution < -0.4 is 0 Å². The number of nitrogens with zero attached hydrogens (tertiary/aromatic N) is 1. The average Bonchev–Trinajstić information content (AvgIpc) is 2.28. The molecule has 0 bridgehead atoms. The molecule has 0 radical (unpaired) electrons. The molecule has 0 atom stereocenters. The summed E-state index contributed by atoms with van der Waals surface area (Å²) in [5.41, 5.74) is 0.608. The van der Waals surface area contributed by atoms with Crippen molar-refractivity contribution in [2.45, 2.75) is 25.7 Å². The molecule has 0 fully saturated rings. The molecule has 0 aliphatic heterocycles. The zero-order valence-electron chi connectivity index (χ0n) is 10.6. The number of aryl methyl sites for hydroxylation is 1. The average molecular weight is 290 g/mol. The minimum atomic E-state index is -3.93. The SMILES string of the molecule is CCN(CC)C(=O)c1cccc(C)c1S(=O)(=O)Cl.